The number of likely N-dealkylation sites (tertiary alicyclic amines) is 1. The first-order valence-electron chi connectivity index (χ1n) is 11.9. The number of nitrogens with zero attached hydrogens (tertiary/aromatic N) is 3. The van der Waals surface area contributed by atoms with Gasteiger partial charge in [-0.1, -0.05) is 36.8 Å². The molecule has 0 atom stereocenters. The van der Waals surface area contributed by atoms with E-state index in [4.69, 9.17) is 4.74 Å². The molecule has 0 radical (unpaired) electrons. The molecule has 3 aromatic rings. The normalized spacial score (nSPS) is 14.9. The highest BCUT2D eigenvalue weighted by atomic mass is 79.9. The van der Waals surface area contributed by atoms with E-state index >= 15 is 0 Å². The molecule has 0 bridgehead atoms. The molecule has 0 aliphatic carbocycles. The molecule has 4 rings (SSSR count). The molecule has 0 N–H and O–H groups in total. The molecule has 180 valence electrons. The Hall–Kier alpha value is -2.64. The zero-order valence-corrected chi connectivity index (χ0v) is 21.5. The van der Waals surface area contributed by atoms with Crippen molar-refractivity contribution in [3.63, 3.8) is 0 Å². The topological polar surface area (TPSA) is 56.5 Å². The van der Waals surface area contributed by atoms with E-state index in [0.717, 1.165) is 49.8 Å². The van der Waals surface area contributed by atoms with E-state index in [-0.39, 0.29) is 11.5 Å². The molecule has 1 aliphatic heterocycles. The maximum absolute atomic E-state index is 12.9. The van der Waals surface area contributed by atoms with Gasteiger partial charge in [-0.3, -0.25) is 14.4 Å². The lowest BCUT2D eigenvalue weighted by atomic mass is 9.90. The molecule has 2 aromatic carbocycles. The molecule has 0 unspecified atom stereocenters. The van der Waals surface area contributed by atoms with E-state index in [9.17, 15) is 9.59 Å². The number of carbonyl (C=O) groups is 1. The Labute approximate surface area is 209 Å². The molecule has 1 aliphatic rings. The van der Waals surface area contributed by atoms with Crippen LogP contribution in [0.3, 0.4) is 0 Å². The summed E-state index contributed by atoms with van der Waals surface area (Å²) < 4.78 is 9.11. The van der Waals surface area contributed by atoms with E-state index in [1.807, 2.05) is 66.3 Å². The molecule has 0 spiro atoms. The highest BCUT2D eigenvalue weighted by Crippen LogP contribution is 2.25. The number of para-hydroxylation sites is 1. The minimum Gasteiger partial charge on any atom is -0.465 e. The van der Waals surface area contributed by atoms with Crippen molar-refractivity contribution in [2.75, 3.05) is 20.2 Å². The lowest BCUT2D eigenvalue weighted by Gasteiger charge is -2.32. The number of hydrogen-bond donors (Lipinski definition) is 0. The van der Waals surface area contributed by atoms with Crippen LogP contribution in [0.25, 0.3) is 5.69 Å². The molecule has 34 heavy (non-hydrogen) atoms. The number of aryl methyl sites for hydroxylation is 1. The predicted octanol–water partition coefficient (Wildman–Crippen LogP) is 4.96. The standard InChI is InChI=1S/C27H32BrN3O3/c1-29-24(25(28)26(32)31(29)23-9-4-3-5-10-23)19-30-17-15-21(16-18-30)8-6-7-20-11-13-22(14-12-20)27(33)34-2/h3-5,9-14,21H,6-8,15-19H2,1-2H3. The van der Waals surface area contributed by atoms with Gasteiger partial charge in [0.25, 0.3) is 5.56 Å². The van der Waals surface area contributed by atoms with Crippen LogP contribution in [0.1, 0.15) is 47.3 Å². The minimum absolute atomic E-state index is 0.0156. The molecule has 6 nitrogen and oxygen atoms in total. The van der Waals surface area contributed by atoms with Gasteiger partial charge in [0.15, 0.2) is 0 Å². The van der Waals surface area contributed by atoms with Gasteiger partial charge in [0.2, 0.25) is 0 Å². The van der Waals surface area contributed by atoms with Gasteiger partial charge in [-0.25, -0.2) is 9.48 Å². The van der Waals surface area contributed by atoms with Gasteiger partial charge in [0.1, 0.15) is 4.47 Å². The van der Waals surface area contributed by atoms with Crippen LogP contribution in [0.15, 0.2) is 63.9 Å². The predicted molar refractivity (Wildman–Crippen MR) is 137 cm³/mol. The van der Waals surface area contributed by atoms with Crippen molar-refractivity contribution in [2.24, 2.45) is 13.0 Å². The Morgan fingerprint density at radius 2 is 1.74 bits per heavy atom. The molecule has 7 heteroatoms. The highest BCUT2D eigenvalue weighted by molar-refractivity contribution is 9.10. The number of rotatable bonds is 8. The molecular weight excluding hydrogens is 494 g/mol. The molecule has 0 saturated carbocycles. The number of methoxy groups -OCH3 is 1. The van der Waals surface area contributed by atoms with Gasteiger partial charge >= 0.3 is 5.97 Å². The number of benzene rings is 2. The van der Waals surface area contributed by atoms with Gasteiger partial charge in [0.05, 0.1) is 24.1 Å². The summed E-state index contributed by atoms with van der Waals surface area (Å²) in [6.07, 6.45) is 5.78. The van der Waals surface area contributed by atoms with Crippen molar-refractivity contribution in [2.45, 2.75) is 38.6 Å². The smallest absolute Gasteiger partial charge is 0.337 e. The van der Waals surface area contributed by atoms with Crippen LogP contribution >= 0.6 is 15.9 Å². The Morgan fingerprint density at radius 3 is 2.38 bits per heavy atom. The Kier molecular flexibility index (Phi) is 8.06. The minimum atomic E-state index is -0.290. The van der Waals surface area contributed by atoms with Crippen molar-refractivity contribution < 1.29 is 9.53 Å². The Morgan fingerprint density at radius 1 is 1.06 bits per heavy atom. The van der Waals surface area contributed by atoms with Crippen LogP contribution in [0.2, 0.25) is 0 Å². The summed E-state index contributed by atoms with van der Waals surface area (Å²) >= 11 is 3.55. The van der Waals surface area contributed by atoms with Crippen LogP contribution in [0.4, 0.5) is 0 Å². The van der Waals surface area contributed by atoms with Crippen LogP contribution in [-0.4, -0.2) is 40.4 Å². The number of piperidine rings is 1. The average Bonchev–Trinajstić information content (AvgIpc) is 3.08. The van der Waals surface area contributed by atoms with Gasteiger partial charge < -0.3 is 4.74 Å². The number of esters is 1. The first-order valence-corrected chi connectivity index (χ1v) is 12.7. The quantitative estimate of drug-likeness (QED) is 0.390. The van der Waals surface area contributed by atoms with E-state index in [1.165, 1.54) is 31.9 Å². The van der Waals surface area contributed by atoms with Crippen LogP contribution in [0.5, 0.6) is 0 Å². The maximum atomic E-state index is 12.9. The molecule has 1 fully saturated rings. The highest BCUT2D eigenvalue weighted by Gasteiger charge is 2.23. The first-order chi connectivity index (χ1) is 16.5. The molecule has 1 saturated heterocycles. The zero-order valence-electron chi connectivity index (χ0n) is 19.9. The lowest BCUT2D eigenvalue weighted by molar-refractivity contribution is 0.0600. The number of halogens is 1. The summed E-state index contributed by atoms with van der Waals surface area (Å²) in [6.45, 7) is 2.87. The molecule has 0 amide bonds. The number of aromatic nitrogens is 2. The fraction of sp³-hybridized carbons (Fsp3) is 0.407. The molecule has 1 aromatic heterocycles. The van der Waals surface area contributed by atoms with E-state index < -0.39 is 0 Å². The fourth-order valence-electron chi connectivity index (χ4n) is 4.81. The second-order valence-corrected chi connectivity index (χ2v) is 9.83. The van der Waals surface area contributed by atoms with Gasteiger partial charge in [-0.2, -0.15) is 0 Å². The first kappa shape index (κ1) is 24.5. The van der Waals surface area contributed by atoms with Crippen molar-refractivity contribution in [3.8, 4) is 5.69 Å². The van der Waals surface area contributed by atoms with E-state index in [2.05, 4.69) is 20.8 Å². The molecular formula is C27H32BrN3O3. The van der Waals surface area contributed by atoms with Gasteiger partial charge in [-0.15, -0.1) is 0 Å². The van der Waals surface area contributed by atoms with Crippen LogP contribution in [0, 0.1) is 5.92 Å². The summed E-state index contributed by atoms with van der Waals surface area (Å²) in [5, 5.41) is 0. The monoisotopic (exact) mass is 525 g/mol. The van der Waals surface area contributed by atoms with E-state index in [0.29, 0.717) is 10.0 Å². The molecule has 2 heterocycles. The van der Waals surface area contributed by atoms with Crippen molar-refractivity contribution in [1.29, 1.82) is 0 Å². The third kappa shape index (κ3) is 5.53. The van der Waals surface area contributed by atoms with Crippen molar-refractivity contribution >= 4 is 21.9 Å². The summed E-state index contributed by atoms with van der Waals surface area (Å²) in [7, 11) is 3.36. The maximum Gasteiger partial charge on any atom is 0.337 e. The fourth-order valence-corrected chi connectivity index (χ4v) is 5.36. The van der Waals surface area contributed by atoms with Gasteiger partial charge in [0, 0.05) is 13.6 Å². The summed E-state index contributed by atoms with van der Waals surface area (Å²) in [4.78, 5) is 26.9. The lowest BCUT2D eigenvalue weighted by Crippen LogP contribution is -2.34. The number of ether oxygens (including phenoxy) is 1. The van der Waals surface area contributed by atoms with Crippen LogP contribution in [-0.2, 0) is 24.8 Å². The third-order valence-corrected chi connectivity index (χ3v) is 7.66. The largest absolute Gasteiger partial charge is 0.465 e. The summed E-state index contributed by atoms with van der Waals surface area (Å²) in [5.41, 5.74) is 3.74. The van der Waals surface area contributed by atoms with E-state index in [1.54, 1.807) is 4.68 Å². The number of hydrogen-bond acceptors (Lipinski definition) is 4. The third-order valence-electron chi connectivity index (χ3n) is 6.86. The Bertz CT molecular complexity index is 1160. The second kappa shape index (κ2) is 11.2. The summed E-state index contributed by atoms with van der Waals surface area (Å²) in [5.74, 6) is 0.453. The zero-order chi connectivity index (χ0) is 24.1. The van der Waals surface area contributed by atoms with Crippen molar-refractivity contribution in [1.82, 2.24) is 14.3 Å². The Balaban J connectivity index is 1.27. The van der Waals surface area contributed by atoms with Gasteiger partial charge in [-0.05, 0) is 90.4 Å². The van der Waals surface area contributed by atoms with Crippen molar-refractivity contribution in [3.05, 3.63) is 86.2 Å². The van der Waals surface area contributed by atoms with Crippen LogP contribution < -0.4 is 5.56 Å². The average molecular weight is 526 g/mol. The number of carbonyl (C=O) groups excluding carboxylic acids is 1. The summed E-state index contributed by atoms with van der Waals surface area (Å²) in [6, 6.07) is 17.5. The SMILES string of the molecule is COC(=O)c1ccc(CCCC2CCN(Cc3c(Br)c(=O)n(-c4ccccc4)n3C)CC2)cc1. The second-order valence-electron chi connectivity index (χ2n) is 9.04.